The Morgan fingerprint density at radius 2 is 1.74 bits per heavy atom. The van der Waals surface area contributed by atoms with Crippen LogP contribution in [0.3, 0.4) is 0 Å². The minimum atomic E-state index is -4.10. The van der Waals surface area contributed by atoms with Gasteiger partial charge in [-0.2, -0.15) is 0 Å². The van der Waals surface area contributed by atoms with Crippen molar-refractivity contribution in [3.05, 3.63) is 83.8 Å². The lowest BCUT2D eigenvalue weighted by Gasteiger charge is -2.09. The molecule has 0 saturated heterocycles. The summed E-state index contributed by atoms with van der Waals surface area (Å²) in [6, 6.07) is 11.3. The van der Waals surface area contributed by atoms with Gasteiger partial charge in [0.05, 0.1) is 17.7 Å². The zero-order valence-electron chi connectivity index (χ0n) is 13.8. The van der Waals surface area contributed by atoms with Gasteiger partial charge in [-0.1, -0.05) is 0 Å². The Bertz CT molecular complexity index is 1050. The fourth-order valence-corrected chi connectivity index (χ4v) is 3.30. The van der Waals surface area contributed by atoms with Crippen LogP contribution in [-0.2, 0) is 16.6 Å². The van der Waals surface area contributed by atoms with E-state index in [9.17, 15) is 22.0 Å². The second kappa shape index (κ2) is 7.58. The van der Waals surface area contributed by atoms with Crippen LogP contribution in [0.15, 0.2) is 70.2 Å². The van der Waals surface area contributed by atoms with Crippen molar-refractivity contribution in [1.29, 1.82) is 0 Å². The van der Waals surface area contributed by atoms with Crippen molar-refractivity contribution in [3.8, 4) is 0 Å². The Morgan fingerprint density at radius 1 is 1.00 bits per heavy atom. The van der Waals surface area contributed by atoms with E-state index in [0.29, 0.717) is 17.4 Å². The molecule has 0 unspecified atom stereocenters. The molecule has 0 aliphatic carbocycles. The van der Waals surface area contributed by atoms with E-state index in [0.717, 1.165) is 12.1 Å². The maximum Gasteiger partial charge on any atom is 0.261 e. The number of sulfonamides is 1. The molecule has 0 spiro atoms. The summed E-state index contributed by atoms with van der Waals surface area (Å²) in [7, 11) is -4.10. The Hall–Kier alpha value is -3.20. The third-order valence-corrected chi connectivity index (χ3v) is 4.98. The van der Waals surface area contributed by atoms with Gasteiger partial charge in [0.1, 0.15) is 5.76 Å². The summed E-state index contributed by atoms with van der Waals surface area (Å²) in [5.74, 6) is -2.17. The smallest absolute Gasteiger partial charge is 0.261 e. The number of amides is 1. The van der Waals surface area contributed by atoms with Crippen molar-refractivity contribution in [2.45, 2.75) is 11.4 Å². The van der Waals surface area contributed by atoms with Gasteiger partial charge in [0.25, 0.3) is 15.9 Å². The molecule has 140 valence electrons. The average molecular weight is 392 g/mol. The highest BCUT2D eigenvalue weighted by Gasteiger charge is 2.17. The molecule has 1 amide bonds. The zero-order valence-corrected chi connectivity index (χ0v) is 14.6. The van der Waals surface area contributed by atoms with E-state index in [-0.39, 0.29) is 18.1 Å². The van der Waals surface area contributed by atoms with E-state index < -0.39 is 26.6 Å². The molecule has 0 aliphatic heterocycles. The van der Waals surface area contributed by atoms with E-state index in [1.54, 1.807) is 12.1 Å². The number of hydrogen-bond acceptors (Lipinski definition) is 4. The van der Waals surface area contributed by atoms with Crippen molar-refractivity contribution < 1.29 is 26.4 Å². The fourth-order valence-electron chi connectivity index (χ4n) is 2.23. The number of anilines is 1. The van der Waals surface area contributed by atoms with E-state index in [2.05, 4.69) is 10.0 Å². The molecule has 1 aromatic heterocycles. The number of furan rings is 1. The highest BCUT2D eigenvalue weighted by atomic mass is 32.2. The largest absolute Gasteiger partial charge is 0.467 e. The third-order valence-electron chi connectivity index (χ3n) is 3.60. The summed E-state index contributed by atoms with van der Waals surface area (Å²) >= 11 is 0. The van der Waals surface area contributed by atoms with Gasteiger partial charge in [0.15, 0.2) is 11.6 Å². The van der Waals surface area contributed by atoms with Crippen LogP contribution in [0.4, 0.5) is 14.5 Å². The molecule has 0 fully saturated rings. The molecule has 1 heterocycles. The Morgan fingerprint density at radius 3 is 2.37 bits per heavy atom. The number of benzene rings is 2. The van der Waals surface area contributed by atoms with E-state index >= 15 is 0 Å². The van der Waals surface area contributed by atoms with Gasteiger partial charge in [-0.3, -0.25) is 9.52 Å². The topological polar surface area (TPSA) is 88.4 Å². The summed E-state index contributed by atoms with van der Waals surface area (Å²) in [5.41, 5.74) is 0.486. The summed E-state index contributed by atoms with van der Waals surface area (Å²) in [5, 5.41) is 2.66. The molecule has 6 nitrogen and oxygen atoms in total. The van der Waals surface area contributed by atoms with E-state index in [1.165, 1.54) is 30.5 Å². The van der Waals surface area contributed by atoms with Crippen molar-refractivity contribution >= 4 is 21.6 Å². The summed E-state index contributed by atoms with van der Waals surface area (Å²) in [6.45, 7) is 0.219. The number of rotatable bonds is 6. The van der Waals surface area contributed by atoms with Gasteiger partial charge >= 0.3 is 0 Å². The molecule has 27 heavy (non-hydrogen) atoms. The molecular weight excluding hydrogens is 378 g/mol. The SMILES string of the molecule is O=C(NCc1ccco1)c1ccc(NS(=O)(=O)c2ccc(F)c(F)c2)cc1. The summed E-state index contributed by atoms with van der Waals surface area (Å²) in [4.78, 5) is 11.6. The van der Waals surface area contributed by atoms with E-state index in [4.69, 9.17) is 4.42 Å². The first kappa shape index (κ1) is 18.6. The lowest BCUT2D eigenvalue weighted by atomic mass is 10.2. The predicted molar refractivity (Wildman–Crippen MR) is 93.5 cm³/mol. The third kappa shape index (κ3) is 4.50. The van der Waals surface area contributed by atoms with Crippen LogP contribution in [0.2, 0.25) is 0 Å². The van der Waals surface area contributed by atoms with E-state index in [1.807, 2.05) is 0 Å². The fraction of sp³-hybridized carbons (Fsp3) is 0.0556. The average Bonchev–Trinajstić information content (AvgIpc) is 3.16. The van der Waals surface area contributed by atoms with Gasteiger partial charge in [-0.05, 0) is 54.6 Å². The molecule has 0 saturated carbocycles. The first-order valence-electron chi connectivity index (χ1n) is 7.74. The van der Waals surface area contributed by atoms with Crippen molar-refractivity contribution in [2.75, 3.05) is 4.72 Å². The number of nitrogens with one attached hydrogen (secondary N) is 2. The molecule has 0 atom stereocenters. The standard InChI is InChI=1S/C18H14F2N2O4S/c19-16-8-7-15(10-17(16)20)27(24,25)22-13-5-3-12(4-6-13)18(23)21-11-14-2-1-9-26-14/h1-10,22H,11H2,(H,21,23). The number of hydrogen-bond donors (Lipinski definition) is 2. The maximum absolute atomic E-state index is 13.2. The van der Waals surface area contributed by atoms with Gasteiger partial charge < -0.3 is 9.73 Å². The molecule has 0 bridgehead atoms. The highest BCUT2D eigenvalue weighted by Crippen LogP contribution is 2.19. The van der Waals surface area contributed by atoms with Crippen LogP contribution in [-0.4, -0.2) is 14.3 Å². The van der Waals surface area contributed by atoms with Crippen LogP contribution in [0.5, 0.6) is 0 Å². The van der Waals surface area contributed by atoms with Crippen molar-refractivity contribution in [2.24, 2.45) is 0 Å². The maximum atomic E-state index is 13.2. The van der Waals surface area contributed by atoms with Gasteiger partial charge in [0, 0.05) is 11.3 Å². The number of halogens is 2. The summed E-state index contributed by atoms with van der Waals surface area (Å²) < 4.78 is 58.0. The van der Waals surface area contributed by atoms with Gasteiger partial charge in [-0.25, -0.2) is 17.2 Å². The molecule has 3 aromatic rings. The molecule has 9 heteroatoms. The summed E-state index contributed by atoms with van der Waals surface area (Å²) in [6.07, 6.45) is 1.50. The van der Waals surface area contributed by atoms with Gasteiger partial charge in [-0.15, -0.1) is 0 Å². The second-order valence-corrected chi connectivity index (χ2v) is 7.20. The zero-order chi connectivity index (χ0) is 19.4. The van der Waals surface area contributed by atoms with Crippen LogP contribution in [0, 0.1) is 11.6 Å². The molecular formula is C18H14F2N2O4S. The van der Waals surface area contributed by atoms with Crippen molar-refractivity contribution in [1.82, 2.24) is 5.32 Å². The predicted octanol–water partition coefficient (Wildman–Crippen LogP) is 3.29. The lowest BCUT2D eigenvalue weighted by Crippen LogP contribution is -2.22. The molecule has 0 aliphatic rings. The number of carbonyl (C=O) groups is 1. The van der Waals surface area contributed by atoms with Crippen LogP contribution in [0.25, 0.3) is 0 Å². The first-order chi connectivity index (χ1) is 12.8. The second-order valence-electron chi connectivity index (χ2n) is 5.52. The first-order valence-corrected chi connectivity index (χ1v) is 9.22. The van der Waals surface area contributed by atoms with Crippen LogP contribution < -0.4 is 10.0 Å². The minimum absolute atomic E-state index is 0.169. The lowest BCUT2D eigenvalue weighted by molar-refractivity contribution is 0.0948. The van der Waals surface area contributed by atoms with Crippen molar-refractivity contribution in [3.63, 3.8) is 0 Å². The van der Waals surface area contributed by atoms with Crippen LogP contribution in [0.1, 0.15) is 16.1 Å². The minimum Gasteiger partial charge on any atom is -0.467 e. The Kier molecular flexibility index (Phi) is 5.22. The quantitative estimate of drug-likeness (QED) is 0.674. The molecule has 0 radical (unpaired) electrons. The molecule has 2 aromatic carbocycles. The van der Waals surface area contributed by atoms with Gasteiger partial charge in [0.2, 0.25) is 0 Å². The monoisotopic (exact) mass is 392 g/mol. The normalized spacial score (nSPS) is 11.2. The molecule has 2 N–H and O–H groups in total. The molecule has 3 rings (SSSR count). The highest BCUT2D eigenvalue weighted by molar-refractivity contribution is 7.92. The van der Waals surface area contributed by atoms with Crippen LogP contribution >= 0.6 is 0 Å². The number of carbonyl (C=O) groups excluding carboxylic acids is 1. The Balaban J connectivity index is 1.67. The Labute approximate surface area is 153 Å².